The first-order valence-electron chi connectivity index (χ1n) is 9.12. The lowest BCUT2D eigenvalue weighted by atomic mass is 10.1. The van der Waals surface area contributed by atoms with Gasteiger partial charge in [-0.05, 0) is 49.8 Å². The van der Waals surface area contributed by atoms with E-state index in [2.05, 4.69) is 4.98 Å². The molecule has 0 amide bonds. The normalized spacial score (nSPS) is 11.8. The highest BCUT2D eigenvalue weighted by Gasteiger charge is 2.20. The number of rotatable bonds is 6. The van der Waals surface area contributed by atoms with Gasteiger partial charge in [0, 0.05) is 23.5 Å². The maximum Gasteiger partial charge on any atom is 0.178 e. The van der Waals surface area contributed by atoms with Crippen molar-refractivity contribution in [2.45, 2.75) is 32.2 Å². The van der Waals surface area contributed by atoms with E-state index in [-0.39, 0.29) is 54.4 Å². The van der Waals surface area contributed by atoms with E-state index in [1.54, 1.807) is 25.1 Å². The molecular formula is C21H26Cl2FN3O2S. The molecule has 0 atom stereocenters. The maximum atomic E-state index is 14.2. The third kappa shape index (κ3) is 5.03. The first kappa shape index (κ1) is 26.1. The van der Waals surface area contributed by atoms with Crippen molar-refractivity contribution in [3.63, 3.8) is 0 Å². The smallest absolute Gasteiger partial charge is 0.178 e. The lowest BCUT2D eigenvalue weighted by Crippen LogP contribution is -2.04. The molecule has 1 aromatic carbocycles. The molecule has 3 rings (SSSR count). The van der Waals surface area contributed by atoms with E-state index >= 15 is 0 Å². The Hall–Kier alpha value is -1.93. The number of fused-ring (bicyclic) bond motifs is 1. The second kappa shape index (κ2) is 10.4. The van der Waals surface area contributed by atoms with Gasteiger partial charge in [-0.25, -0.2) is 12.8 Å². The molecule has 0 bridgehead atoms. The third-order valence-corrected chi connectivity index (χ3v) is 6.55. The van der Waals surface area contributed by atoms with E-state index < -0.39 is 9.84 Å². The molecule has 0 radical (unpaired) electrons. The molecule has 0 saturated heterocycles. The van der Waals surface area contributed by atoms with Crippen molar-refractivity contribution in [1.82, 2.24) is 9.55 Å². The number of aromatic nitrogens is 2. The van der Waals surface area contributed by atoms with Gasteiger partial charge in [-0.3, -0.25) is 4.98 Å². The summed E-state index contributed by atoms with van der Waals surface area (Å²) in [5.41, 5.74) is 10.2. The van der Waals surface area contributed by atoms with E-state index in [1.807, 2.05) is 36.6 Å². The number of nitrogens with zero attached hydrogens (tertiary/aromatic N) is 2. The maximum absolute atomic E-state index is 14.2. The first-order valence-corrected chi connectivity index (χ1v) is 10.8. The highest BCUT2D eigenvalue weighted by atomic mass is 35.5. The molecule has 2 N–H and O–H groups in total. The summed E-state index contributed by atoms with van der Waals surface area (Å²) in [7, 11) is -3.33. The Morgan fingerprint density at radius 2 is 1.90 bits per heavy atom. The minimum atomic E-state index is -3.33. The summed E-state index contributed by atoms with van der Waals surface area (Å²) in [5.74, 6) is -0.291. The van der Waals surface area contributed by atoms with Gasteiger partial charge in [-0.15, -0.1) is 24.8 Å². The fourth-order valence-corrected chi connectivity index (χ4v) is 4.27. The summed E-state index contributed by atoms with van der Waals surface area (Å²) in [6.45, 7) is 5.59. The van der Waals surface area contributed by atoms with Gasteiger partial charge in [0.2, 0.25) is 0 Å². The van der Waals surface area contributed by atoms with Gasteiger partial charge in [-0.2, -0.15) is 0 Å². The van der Waals surface area contributed by atoms with Crippen LogP contribution in [0.15, 0.2) is 53.2 Å². The zero-order chi connectivity index (χ0) is 20.5. The Balaban J connectivity index is 0.00000225. The zero-order valence-corrected chi connectivity index (χ0v) is 19.5. The van der Waals surface area contributed by atoms with Crippen molar-refractivity contribution in [2.75, 3.05) is 12.3 Å². The molecule has 2 aromatic heterocycles. The molecule has 30 heavy (non-hydrogen) atoms. The minimum absolute atomic E-state index is 0. The molecule has 0 fully saturated rings. The average molecular weight is 474 g/mol. The molecule has 0 aliphatic rings. The van der Waals surface area contributed by atoms with Gasteiger partial charge in [0.05, 0.1) is 28.2 Å². The second-order valence-corrected chi connectivity index (χ2v) is 8.96. The van der Waals surface area contributed by atoms with Gasteiger partial charge in [0.15, 0.2) is 9.84 Å². The molecule has 9 heteroatoms. The number of benzene rings is 1. The molecule has 0 spiro atoms. The zero-order valence-electron chi connectivity index (χ0n) is 17.1. The van der Waals surface area contributed by atoms with Crippen LogP contribution in [0.25, 0.3) is 22.2 Å². The number of allylic oxidation sites excluding steroid dienone is 1. The van der Waals surface area contributed by atoms with Gasteiger partial charge in [0.25, 0.3) is 0 Å². The number of sulfone groups is 1. The van der Waals surface area contributed by atoms with Crippen molar-refractivity contribution in [1.29, 1.82) is 0 Å². The van der Waals surface area contributed by atoms with Gasteiger partial charge in [-0.1, -0.05) is 19.1 Å². The SMILES string of the molecule is CCS(=O)(=O)c1cccc(-c2c(C)n(C/C(F)=C/CN)c3ccc(C)nc23)c1.Cl.Cl. The largest absolute Gasteiger partial charge is 0.336 e. The first-order chi connectivity index (χ1) is 13.3. The van der Waals surface area contributed by atoms with Gasteiger partial charge in [0.1, 0.15) is 5.83 Å². The van der Waals surface area contributed by atoms with Gasteiger partial charge >= 0.3 is 0 Å². The molecule has 0 unspecified atom stereocenters. The van der Waals surface area contributed by atoms with E-state index in [1.165, 1.54) is 6.08 Å². The predicted molar refractivity (Wildman–Crippen MR) is 125 cm³/mol. The lowest BCUT2D eigenvalue weighted by Gasteiger charge is -2.08. The van der Waals surface area contributed by atoms with Crippen molar-refractivity contribution in [2.24, 2.45) is 5.73 Å². The molecule has 164 valence electrons. The van der Waals surface area contributed by atoms with E-state index in [0.717, 1.165) is 33.5 Å². The fraction of sp³-hybridized carbons (Fsp3) is 0.286. The van der Waals surface area contributed by atoms with E-state index in [0.29, 0.717) is 0 Å². The summed E-state index contributed by atoms with van der Waals surface area (Å²) < 4.78 is 40.7. The number of aryl methyl sites for hydroxylation is 1. The van der Waals surface area contributed by atoms with Crippen molar-refractivity contribution < 1.29 is 12.8 Å². The molecule has 0 saturated carbocycles. The number of nitrogens with two attached hydrogens (primary N) is 1. The Morgan fingerprint density at radius 3 is 2.53 bits per heavy atom. The number of pyridine rings is 1. The molecule has 0 aliphatic heterocycles. The van der Waals surface area contributed by atoms with Crippen LogP contribution in [0.4, 0.5) is 4.39 Å². The number of hydrogen-bond acceptors (Lipinski definition) is 4. The summed E-state index contributed by atoms with van der Waals surface area (Å²) in [4.78, 5) is 4.93. The molecule has 3 aromatic rings. The van der Waals surface area contributed by atoms with Crippen LogP contribution < -0.4 is 5.73 Å². The van der Waals surface area contributed by atoms with Gasteiger partial charge < -0.3 is 10.3 Å². The quantitative estimate of drug-likeness (QED) is 0.559. The summed E-state index contributed by atoms with van der Waals surface area (Å²) in [5, 5.41) is 0. The highest BCUT2D eigenvalue weighted by molar-refractivity contribution is 7.91. The van der Waals surface area contributed by atoms with Crippen LogP contribution in [0.5, 0.6) is 0 Å². The van der Waals surface area contributed by atoms with Crippen molar-refractivity contribution >= 4 is 45.7 Å². The van der Waals surface area contributed by atoms with Crippen LogP contribution in [-0.4, -0.2) is 30.3 Å². The number of halogens is 3. The number of hydrogen-bond donors (Lipinski definition) is 1. The Bertz CT molecular complexity index is 1170. The molecule has 2 heterocycles. The monoisotopic (exact) mass is 473 g/mol. The average Bonchev–Trinajstić information content (AvgIpc) is 2.93. The summed E-state index contributed by atoms with van der Waals surface area (Å²) in [6, 6.07) is 10.6. The van der Waals surface area contributed by atoms with E-state index in [9.17, 15) is 12.8 Å². The molecular weight excluding hydrogens is 448 g/mol. The standard InChI is InChI=1S/C21H24FN3O2S.2ClH/c1-4-28(26,27)18-7-5-6-16(12-18)20-15(3)25(13-17(22)10-11-23)19-9-8-14(2)24-21(19)20;;/h5-10,12H,4,11,13,23H2,1-3H3;2*1H/b17-10-;;. The predicted octanol–water partition coefficient (Wildman–Crippen LogP) is 4.77. The Labute approximate surface area is 188 Å². The van der Waals surface area contributed by atoms with Crippen molar-refractivity contribution in [3.05, 3.63) is 59.7 Å². The summed E-state index contributed by atoms with van der Waals surface area (Å²) in [6.07, 6.45) is 1.35. The molecule has 5 nitrogen and oxygen atoms in total. The van der Waals surface area contributed by atoms with Crippen LogP contribution in [0, 0.1) is 13.8 Å². The fourth-order valence-electron chi connectivity index (χ4n) is 3.34. The second-order valence-electron chi connectivity index (χ2n) is 6.68. The third-order valence-electron chi connectivity index (χ3n) is 4.82. The highest BCUT2D eigenvalue weighted by Crippen LogP contribution is 2.35. The van der Waals surface area contributed by atoms with Crippen LogP contribution in [0.1, 0.15) is 18.3 Å². The topological polar surface area (TPSA) is 78.0 Å². The Morgan fingerprint density at radius 1 is 1.20 bits per heavy atom. The molecule has 0 aliphatic carbocycles. The van der Waals surface area contributed by atoms with Crippen LogP contribution in [-0.2, 0) is 16.4 Å². The summed E-state index contributed by atoms with van der Waals surface area (Å²) >= 11 is 0. The lowest BCUT2D eigenvalue weighted by molar-refractivity contribution is 0.555. The van der Waals surface area contributed by atoms with Crippen LogP contribution >= 0.6 is 24.8 Å². The van der Waals surface area contributed by atoms with Crippen LogP contribution in [0.3, 0.4) is 0 Å². The van der Waals surface area contributed by atoms with Crippen LogP contribution in [0.2, 0.25) is 0 Å². The van der Waals surface area contributed by atoms with Crippen molar-refractivity contribution in [3.8, 4) is 11.1 Å². The Kier molecular flexibility index (Phi) is 9.05. The van der Waals surface area contributed by atoms with E-state index in [4.69, 9.17) is 5.73 Å². The minimum Gasteiger partial charge on any atom is -0.336 e.